The summed E-state index contributed by atoms with van der Waals surface area (Å²) in [7, 11) is 0. The van der Waals surface area contributed by atoms with Crippen molar-refractivity contribution < 1.29 is 9.47 Å². The molecule has 1 aromatic rings. The molecule has 88 valence electrons. The zero-order chi connectivity index (χ0) is 11.4. The van der Waals surface area contributed by atoms with E-state index in [1.54, 1.807) is 0 Å². The maximum absolute atomic E-state index is 5.68. The van der Waals surface area contributed by atoms with E-state index >= 15 is 0 Å². The van der Waals surface area contributed by atoms with Crippen LogP contribution in [-0.4, -0.2) is 19.8 Å². The van der Waals surface area contributed by atoms with Gasteiger partial charge in [0.05, 0.1) is 19.8 Å². The maximum Gasteiger partial charge on any atom is 0.121 e. The van der Waals surface area contributed by atoms with Gasteiger partial charge in [0.15, 0.2) is 0 Å². The fraction of sp³-hybridized carbons (Fsp3) is 0.538. The van der Waals surface area contributed by atoms with E-state index in [0.717, 1.165) is 44.1 Å². The SMILES string of the molecule is CCC1(CCOc2cccc(N)c2)COC1. The minimum atomic E-state index is 0.361. The van der Waals surface area contributed by atoms with Gasteiger partial charge in [0.1, 0.15) is 5.75 Å². The Kier molecular flexibility index (Phi) is 3.34. The third-order valence-corrected chi connectivity index (χ3v) is 3.33. The van der Waals surface area contributed by atoms with Crippen molar-refractivity contribution >= 4 is 5.69 Å². The Morgan fingerprint density at radius 3 is 2.81 bits per heavy atom. The second-order valence-corrected chi connectivity index (χ2v) is 4.52. The van der Waals surface area contributed by atoms with E-state index in [1.807, 2.05) is 24.3 Å². The van der Waals surface area contributed by atoms with E-state index in [0.29, 0.717) is 5.41 Å². The lowest BCUT2D eigenvalue weighted by Gasteiger charge is -2.40. The van der Waals surface area contributed by atoms with Crippen LogP contribution in [0.5, 0.6) is 5.75 Å². The largest absolute Gasteiger partial charge is 0.493 e. The lowest BCUT2D eigenvalue weighted by Crippen LogP contribution is -2.43. The van der Waals surface area contributed by atoms with Crippen LogP contribution in [0.15, 0.2) is 24.3 Å². The summed E-state index contributed by atoms with van der Waals surface area (Å²) in [4.78, 5) is 0. The molecule has 0 aromatic heterocycles. The lowest BCUT2D eigenvalue weighted by atomic mass is 9.80. The Morgan fingerprint density at radius 1 is 1.44 bits per heavy atom. The van der Waals surface area contributed by atoms with E-state index in [4.69, 9.17) is 15.2 Å². The highest BCUT2D eigenvalue weighted by Crippen LogP contribution is 2.34. The minimum Gasteiger partial charge on any atom is -0.493 e. The van der Waals surface area contributed by atoms with Crippen LogP contribution in [0, 0.1) is 5.41 Å². The van der Waals surface area contributed by atoms with Gasteiger partial charge >= 0.3 is 0 Å². The summed E-state index contributed by atoms with van der Waals surface area (Å²) in [6, 6.07) is 7.56. The predicted molar refractivity (Wildman–Crippen MR) is 64.5 cm³/mol. The average molecular weight is 221 g/mol. The second kappa shape index (κ2) is 4.74. The highest BCUT2D eigenvalue weighted by atomic mass is 16.5. The Morgan fingerprint density at radius 2 is 2.25 bits per heavy atom. The van der Waals surface area contributed by atoms with Crippen molar-refractivity contribution in [2.75, 3.05) is 25.6 Å². The third-order valence-electron chi connectivity index (χ3n) is 3.33. The summed E-state index contributed by atoms with van der Waals surface area (Å²) in [5.74, 6) is 0.853. The highest BCUT2D eigenvalue weighted by molar-refractivity contribution is 5.43. The first-order valence-electron chi connectivity index (χ1n) is 5.80. The molecule has 2 rings (SSSR count). The van der Waals surface area contributed by atoms with Crippen LogP contribution in [-0.2, 0) is 4.74 Å². The molecule has 3 heteroatoms. The van der Waals surface area contributed by atoms with Crippen molar-refractivity contribution in [3.8, 4) is 5.75 Å². The monoisotopic (exact) mass is 221 g/mol. The van der Waals surface area contributed by atoms with Crippen molar-refractivity contribution in [1.82, 2.24) is 0 Å². The van der Waals surface area contributed by atoms with Gasteiger partial charge in [-0.25, -0.2) is 0 Å². The molecule has 1 aliphatic heterocycles. The number of hydrogen-bond acceptors (Lipinski definition) is 3. The van der Waals surface area contributed by atoms with Crippen molar-refractivity contribution in [3.63, 3.8) is 0 Å². The molecular formula is C13H19NO2. The molecule has 1 fully saturated rings. The number of anilines is 1. The molecule has 0 unspecified atom stereocenters. The van der Waals surface area contributed by atoms with E-state index in [2.05, 4.69) is 6.92 Å². The van der Waals surface area contributed by atoms with Gasteiger partial charge in [0, 0.05) is 17.2 Å². The first kappa shape index (κ1) is 11.3. The molecule has 1 saturated heterocycles. The summed E-state index contributed by atoms with van der Waals surface area (Å²) in [5, 5.41) is 0. The van der Waals surface area contributed by atoms with Crippen LogP contribution in [0.2, 0.25) is 0 Å². The number of benzene rings is 1. The van der Waals surface area contributed by atoms with Gasteiger partial charge in [-0.3, -0.25) is 0 Å². The summed E-state index contributed by atoms with van der Waals surface area (Å²) < 4.78 is 11.0. The van der Waals surface area contributed by atoms with Crippen molar-refractivity contribution in [2.24, 2.45) is 5.41 Å². The van der Waals surface area contributed by atoms with Crippen molar-refractivity contribution in [2.45, 2.75) is 19.8 Å². The summed E-state index contributed by atoms with van der Waals surface area (Å²) >= 11 is 0. The maximum atomic E-state index is 5.68. The van der Waals surface area contributed by atoms with E-state index in [1.165, 1.54) is 0 Å². The number of ether oxygens (including phenoxy) is 2. The highest BCUT2D eigenvalue weighted by Gasteiger charge is 2.36. The number of nitrogen functional groups attached to an aromatic ring is 1. The molecule has 1 heterocycles. The van der Waals surface area contributed by atoms with Crippen LogP contribution in [0.25, 0.3) is 0 Å². The van der Waals surface area contributed by atoms with Crippen molar-refractivity contribution in [1.29, 1.82) is 0 Å². The molecule has 0 atom stereocenters. The van der Waals surface area contributed by atoms with Crippen LogP contribution >= 0.6 is 0 Å². The zero-order valence-corrected chi connectivity index (χ0v) is 9.74. The molecule has 16 heavy (non-hydrogen) atoms. The van der Waals surface area contributed by atoms with Gasteiger partial charge in [-0.05, 0) is 25.0 Å². The molecule has 0 amide bonds. The quantitative estimate of drug-likeness (QED) is 0.777. The minimum absolute atomic E-state index is 0.361. The van der Waals surface area contributed by atoms with E-state index < -0.39 is 0 Å². The Hall–Kier alpha value is -1.22. The van der Waals surface area contributed by atoms with Gasteiger partial charge in [-0.15, -0.1) is 0 Å². The van der Waals surface area contributed by atoms with E-state index in [-0.39, 0.29) is 0 Å². The summed E-state index contributed by atoms with van der Waals surface area (Å²) in [6.07, 6.45) is 2.21. The van der Waals surface area contributed by atoms with Crippen LogP contribution in [0.3, 0.4) is 0 Å². The molecule has 3 nitrogen and oxygen atoms in total. The normalized spacial score (nSPS) is 17.8. The predicted octanol–water partition coefficient (Wildman–Crippen LogP) is 2.46. The number of hydrogen-bond donors (Lipinski definition) is 1. The Balaban J connectivity index is 1.79. The van der Waals surface area contributed by atoms with Crippen LogP contribution in [0.4, 0.5) is 5.69 Å². The van der Waals surface area contributed by atoms with Gasteiger partial charge in [-0.1, -0.05) is 13.0 Å². The van der Waals surface area contributed by atoms with Crippen LogP contribution in [0.1, 0.15) is 19.8 Å². The van der Waals surface area contributed by atoms with Gasteiger partial charge in [0.2, 0.25) is 0 Å². The van der Waals surface area contributed by atoms with Gasteiger partial charge in [-0.2, -0.15) is 0 Å². The average Bonchev–Trinajstić information content (AvgIpc) is 2.22. The summed E-state index contributed by atoms with van der Waals surface area (Å²) in [6.45, 7) is 4.71. The molecule has 0 aliphatic carbocycles. The fourth-order valence-corrected chi connectivity index (χ4v) is 1.91. The Bertz CT molecular complexity index is 342. The third kappa shape index (κ3) is 2.47. The molecule has 0 radical (unpaired) electrons. The first-order chi connectivity index (χ1) is 7.74. The summed E-state index contributed by atoms with van der Waals surface area (Å²) in [5.41, 5.74) is 6.79. The van der Waals surface area contributed by atoms with Crippen LogP contribution < -0.4 is 10.5 Å². The number of rotatable bonds is 5. The number of nitrogens with two attached hydrogens (primary N) is 1. The smallest absolute Gasteiger partial charge is 0.121 e. The molecular weight excluding hydrogens is 202 g/mol. The molecule has 1 aromatic carbocycles. The Labute approximate surface area is 96.5 Å². The van der Waals surface area contributed by atoms with Crippen molar-refractivity contribution in [3.05, 3.63) is 24.3 Å². The molecule has 2 N–H and O–H groups in total. The lowest BCUT2D eigenvalue weighted by molar-refractivity contribution is -0.123. The fourth-order valence-electron chi connectivity index (χ4n) is 1.91. The zero-order valence-electron chi connectivity index (χ0n) is 9.74. The standard InChI is InChI=1S/C13H19NO2/c1-2-13(9-15-10-13)6-7-16-12-5-3-4-11(14)8-12/h3-5,8H,2,6-7,9-10,14H2,1H3. The molecule has 0 bridgehead atoms. The van der Waals surface area contributed by atoms with Gasteiger partial charge in [0.25, 0.3) is 0 Å². The topological polar surface area (TPSA) is 44.5 Å². The second-order valence-electron chi connectivity index (χ2n) is 4.52. The molecule has 0 spiro atoms. The molecule has 1 aliphatic rings. The molecule has 0 saturated carbocycles. The first-order valence-corrected chi connectivity index (χ1v) is 5.80. The van der Waals surface area contributed by atoms with Gasteiger partial charge < -0.3 is 15.2 Å². The van der Waals surface area contributed by atoms with E-state index in [9.17, 15) is 0 Å².